The SMILES string of the molecule is O=C(c1ccc(F)c(Cl)c1)c1cc(Cl)c(Br)cc1F. The van der Waals surface area contributed by atoms with Gasteiger partial charge in [0.05, 0.1) is 15.6 Å². The molecule has 0 aliphatic carbocycles. The van der Waals surface area contributed by atoms with Crippen molar-refractivity contribution in [1.82, 2.24) is 0 Å². The standard InChI is InChI=1S/C13H5BrCl2F2O/c14-8-5-12(18)7(4-9(8)15)13(19)6-1-2-11(17)10(16)3-6/h1-5H. The maximum absolute atomic E-state index is 13.7. The lowest BCUT2D eigenvalue weighted by atomic mass is 10.0. The van der Waals surface area contributed by atoms with Gasteiger partial charge in [0.25, 0.3) is 0 Å². The Balaban J connectivity index is 2.49. The van der Waals surface area contributed by atoms with Crippen LogP contribution in [0.1, 0.15) is 15.9 Å². The molecular weight excluding hydrogens is 361 g/mol. The Hall–Kier alpha value is -0.970. The Morgan fingerprint density at radius 3 is 2.32 bits per heavy atom. The van der Waals surface area contributed by atoms with E-state index in [1.54, 1.807) is 0 Å². The smallest absolute Gasteiger partial charge is 0.196 e. The molecule has 0 heterocycles. The third kappa shape index (κ3) is 2.96. The molecule has 98 valence electrons. The van der Waals surface area contributed by atoms with Crippen LogP contribution in [0.2, 0.25) is 10.0 Å². The minimum absolute atomic E-state index is 0.0867. The number of halogens is 5. The van der Waals surface area contributed by atoms with Gasteiger partial charge in [0.1, 0.15) is 11.6 Å². The second-order valence-corrected chi connectivity index (χ2v) is 5.37. The van der Waals surface area contributed by atoms with Crippen molar-refractivity contribution in [2.24, 2.45) is 0 Å². The van der Waals surface area contributed by atoms with Crippen molar-refractivity contribution in [3.05, 3.63) is 67.6 Å². The van der Waals surface area contributed by atoms with Gasteiger partial charge in [-0.1, -0.05) is 23.2 Å². The second-order valence-electron chi connectivity index (χ2n) is 3.70. The molecule has 0 bridgehead atoms. The summed E-state index contributed by atoms with van der Waals surface area (Å²) in [6, 6.07) is 5.74. The van der Waals surface area contributed by atoms with Crippen molar-refractivity contribution in [3.8, 4) is 0 Å². The van der Waals surface area contributed by atoms with Crippen LogP contribution in [-0.2, 0) is 0 Å². The zero-order valence-corrected chi connectivity index (χ0v) is 12.3. The molecule has 0 aromatic heterocycles. The van der Waals surface area contributed by atoms with Crippen LogP contribution in [0, 0.1) is 11.6 Å². The quantitative estimate of drug-likeness (QED) is 0.523. The largest absolute Gasteiger partial charge is 0.288 e. The first-order valence-electron chi connectivity index (χ1n) is 5.04. The molecular formula is C13H5BrCl2F2O. The summed E-state index contributed by atoms with van der Waals surface area (Å²) in [6.45, 7) is 0. The van der Waals surface area contributed by atoms with Gasteiger partial charge in [0.2, 0.25) is 0 Å². The van der Waals surface area contributed by atoms with Crippen molar-refractivity contribution >= 4 is 44.9 Å². The summed E-state index contributed by atoms with van der Waals surface area (Å²) in [5, 5.41) is 0.00688. The molecule has 0 radical (unpaired) electrons. The Kier molecular flexibility index (Phi) is 4.23. The lowest BCUT2D eigenvalue weighted by Crippen LogP contribution is -2.05. The maximum Gasteiger partial charge on any atom is 0.196 e. The predicted molar refractivity (Wildman–Crippen MR) is 74.0 cm³/mol. The van der Waals surface area contributed by atoms with Crippen molar-refractivity contribution in [1.29, 1.82) is 0 Å². The fraction of sp³-hybridized carbons (Fsp3) is 0. The van der Waals surface area contributed by atoms with Gasteiger partial charge in [-0.15, -0.1) is 0 Å². The Morgan fingerprint density at radius 1 is 1.00 bits per heavy atom. The second kappa shape index (κ2) is 5.57. The molecule has 19 heavy (non-hydrogen) atoms. The zero-order chi connectivity index (χ0) is 14.2. The number of benzene rings is 2. The minimum atomic E-state index is -0.721. The van der Waals surface area contributed by atoms with Crippen LogP contribution in [0.3, 0.4) is 0 Å². The zero-order valence-electron chi connectivity index (χ0n) is 9.18. The summed E-state index contributed by atoms with van der Waals surface area (Å²) in [4.78, 5) is 12.1. The normalized spacial score (nSPS) is 10.6. The van der Waals surface area contributed by atoms with Gasteiger partial charge in [0, 0.05) is 10.0 Å². The Morgan fingerprint density at radius 2 is 1.68 bits per heavy atom. The van der Waals surface area contributed by atoms with Gasteiger partial charge < -0.3 is 0 Å². The number of ketones is 1. The highest BCUT2D eigenvalue weighted by atomic mass is 79.9. The molecule has 0 aliphatic heterocycles. The van der Waals surface area contributed by atoms with Crippen LogP contribution in [0.15, 0.2) is 34.8 Å². The molecule has 0 atom stereocenters. The van der Waals surface area contributed by atoms with E-state index in [-0.39, 0.29) is 21.2 Å². The molecule has 2 rings (SSSR count). The van der Waals surface area contributed by atoms with Crippen LogP contribution in [-0.4, -0.2) is 5.78 Å². The molecule has 2 aromatic carbocycles. The van der Waals surface area contributed by atoms with Crippen molar-refractivity contribution in [2.75, 3.05) is 0 Å². The minimum Gasteiger partial charge on any atom is -0.288 e. The summed E-state index contributed by atoms with van der Waals surface area (Å²) in [7, 11) is 0. The van der Waals surface area contributed by atoms with E-state index < -0.39 is 17.4 Å². The third-order valence-corrected chi connectivity index (χ3v) is 3.92. The first-order valence-corrected chi connectivity index (χ1v) is 6.59. The predicted octanol–water partition coefficient (Wildman–Crippen LogP) is 5.27. The molecule has 0 fully saturated rings. The topological polar surface area (TPSA) is 17.1 Å². The fourth-order valence-electron chi connectivity index (χ4n) is 1.49. The van der Waals surface area contributed by atoms with E-state index in [0.29, 0.717) is 4.47 Å². The van der Waals surface area contributed by atoms with E-state index in [0.717, 1.165) is 18.2 Å². The van der Waals surface area contributed by atoms with E-state index in [9.17, 15) is 13.6 Å². The first-order chi connectivity index (χ1) is 8.90. The van der Waals surface area contributed by atoms with Crippen molar-refractivity contribution < 1.29 is 13.6 Å². The molecule has 0 saturated carbocycles. The summed E-state index contributed by atoms with van der Waals surface area (Å²) < 4.78 is 27.1. The molecule has 1 nitrogen and oxygen atoms in total. The van der Waals surface area contributed by atoms with E-state index in [4.69, 9.17) is 23.2 Å². The van der Waals surface area contributed by atoms with E-state index in [1.165, 1.54) is 12.1 Å². The molecule has 0 spiro atoms. The number of hydrogen-bond acceptors (Lipinski definition) is 1. The average molecular weight is 366 g/mol. The summed E-state index contributed by atoms with van der Waals surface area (Å²) >= 11 is 14.5. The number of hydrogen-bond donors (Lipinski definition) is 0. The average Bonchev–Trinajstić information content (AvgIpc) is 2.36. The number of carbonyl (C=O) groups is 1. The third-order valence-electron chi connectivity index (χ3n) is 2.44. The fourth-order valence-corrected chi connectivity index (χ4v) is 2.15. The molecule has 0 N–H and O–H groups in total. The van der Waals surface area contributed by atoms with E-state index in [2.05, 4.69) is 15.9 Å². The van der Waals surface area contributed by atoms with Gasteiger partial charge in [-0.05, 0) is 46.3 Å². The number of carbonyl (C=O) groups excluding carboxylic acids is 1. The lowest BCUT2D eigenvalue weighted by molar-refractivity contribution is 0.103. The highest BCUT2D eigenvalue weighted by Gasteiger charge is 2.17. The van der Waals surface area contributed by atoms with Crippen LogP contribution < -0.4 is 0 Å². The van der Waals surface area contributed by atoms with Crippen LogP contribution in [0.25, 0.3) is 0 Å². The van der Waals surface area contributed by atoms with Gasteiger partial charge in [-0.25, -0.2) is 8.78 Å². The Labute approximate surface area is 126 Å². The monoisotopic (exact) mass is 364 g/mol. The Bertz CT molecular complexity index is 674. The highest BCUT2D eigenvalue weighted by molar-refractivity contribution is 9.10. The molecule has 0 saturated heterocycles. The molecule has 2 aromatic rings. The van der Waals surface area contributed by atoms with Gasteiger partial charge >= 0.3 is 0 Å². The molecule has 0 unspecified atom stereocenters. The first kappa shape index (κ1) is 14.4. The van der Waals surface area contributed by atoms with Crippen molar-refractivity contribution in [3.63, 3.8) is 0 Å². The summed E-state index contributed by atoms with van der Waals surface area (Å²) in [5.41, 5.74) is -0.112. The van der Waals surface area contributed by atoms with Crippen LogP contribution in [0.4, 0.5) is 8.78 Å². The number of rotatable bonds is 2. The lowest BCUT2D eigenvalue weighted by Gasteiger charge is -2.06. The van der Waals surface area contributed by atoms with Crippen LogP contribution >= 0.6 is 39.1 Å². The summed E-state index contributed by atoms with van der Waals surface area (Å²) in [5.74, 6) is -1.98. The molecule has 0 amide bonds. The van der Waals surface area contributed by atoms with Crippen LogP contribution in [0.5, 0.6) is 0 Å². The maximum atomic E-state index is 13.7. The van der Waals surface area contributed by atoms with Gasteiger partial charge in [-0.3, -0.25) is 4.79 Å². The molecule has 0 aliphatic rings. The highest BCUT2D eigenvalue weighted by Crippen LogP contribution is 2.27. The van der Waals surface area contributed by atoms with Gasteiger partial charge in [-0.2, -0.15) is 0 Å². The van der Waals surface area contributed by atoms with Gasteiger partial charge in [0.15, 0.2) is 5.78 Å². The molecule has 6 heteroatoms. The van der Waals surface area contributed by atoms with E-state index in [1.807, 2.05) is 0 Å². The summed E-state index contributed by atoms with van der Waals surface area (Å²) in [6.07, 6.45) is 0. The van der Waals surface area contributed by atoms with Crippen molar-refractivity contribution in [2.45, 2.75) is 0 Å². The van der Waals surface area contributed by atoms with E-state index >= 15 is 0 Å².